The molecule has 3 rings (SSSR count). The van der Waals surface area contributed by atoms with Crippen molar-refractivity contribution in [3.8, 4) is 0 Å². The molecule has 10 nitrogen and oxygen atoms in total. The number of aliphatic hydroxyl groups excluding tert-OH is 2. The zero-order valence-corrected chi connectivity index (χ0v) is 31.0. The molecular weight excluding hydrogens is 726 g/mol. The van der Waals surface area contributed by atoms with Crippen LogP contribution in [0.5, 0.6) is 0 Å². The second kappa shape index (κ2) is 19.6. The third-order valence-electron chi connectivity index (χ3n) is 8.48. The lowest BCUT2D eigenvalue weighted by Crippen LogP contribution is -2.56. The van der Waals surface area contributed by atoms with Crippen LogP contribution in [0.3, 0.4) is 0 Å². The first-order chi connectivity index (χ1) is 24.3. The van der Waals surface area contributed by atoms with Gasteiger partial charge in [0.25, 0.3) is 0 Å². The average molecular weight is 779 g/mol. The van der Waals surface area contributed by atoms with Crippen molar-refractivity contribution >= 4 is 23.4 Å². The summed E-state index contributed by atoms with van der Waals surface area (Å²) in [5.41, 5.74) is -2.63. The van der Waals surface area contributed by atoms with Gasteiger partial charge in [0.1, 0.15) is 23.8 Å². The minimum absolute atomic E-state index is 0. The van der Waals surface area contributed by atoms with Gasteiger partial charge in [0.05, 0.1) is 24.3 Å². The maximum Gasteiger partial charge on any atom is 0.249 e. The number of carbonyl (C=O) groups excluding carboxylic acids is 4. The molecule has 2 aromatic rings. The van der Waals surface area contributed by atoms with Gasteiger partial charge in [-0.3, -0.25) is 19.2 Å². The minimum atomic E-state index is -1.44. The van der Waals surface area contributed by atoms with E-state index in [1.54, 1.807) is 27.7 Å². The molecule has 4 atom stereocenters. The van der Waals surface area contributed by atoms with Crippen molar-refractivity contribution in [2.24, 2.45) is 22.7 Å². The minimum Gasteiger partial charge on any atom is -0.396 e. The second-order valence-electron chi connectivity index (χ2n) is 15.2. The van der Waals surface area contributed by atoms with Crippen LogP contribution in [-0.2, 0) is 19.1 Å². The number of hydrogen-bond donors (Lipinski definition) is 4. The van der Waals surface area contributed by atoms with E-state index in [9.17, 15) is 50.6 Å². The normalized spacial score (nSPS) is 17.8. The number of ketones is 2. The van der Waals surface area contributed by atoms with Crippen molar-refractivity contribution in [2.75, 3.05) is 26.3 Å². The third-order valence-corrected chi connectivity index (χ3v) is 8.48. The standard InChI is InChI=1S/C20H26F3NO4.C17H22F3NO4.CH4/c1-11(6-16(25)12-7-14(22)15(23)8-13(12)21)9-24-18(26)17-19(2,3)10-27-20(4,5)28-17;1-9(7-21-16(25)15(24)17(2,3)8-22)4-14(23)10-5-12(19)13(20)6-11(10)18;/h7-8,11,17H,6,9-10H2,1-5H3,(H,24,26);5-6,9,15,22,24H,4,7-8H2,1-3H3,(H,21,25);1H4/t11-,17-;9-,15-;/m00./s1. The molecule has 2 aromatic carbocycles. The monoisotopic (exact) mass is 778 g/mol. The molecule has 1 aliphatic heterocycles. The van der Waals surface area contributed by atoms with Crippen LogP contribution in [0.25, 0.3) is 0 Å². The Morgan fingerprint density at radius 1 is 0.778 bits per heavy atom. The Hall–Kier alpha value is -3.86. The number of aliphatic hydroxyl groups is 2. The van der Waals surface area contributed by atoms with Crippen molar-refractivity contribution in [3.63, 3.8) is 0 Å². The zero-order chi connectivity index (χ0) is 40.6. The van der Waals surface area contributed by atoms with E-state index in [-0.39, 0.29) is 45.2 Å². The summed E-state index contributed by atoms with van der Waals surface area (Å²) < 4.78 is 90.9. The lowest BCUT2D eigenvalue weighted by Gasteiger charge is -2.44. The molecule has 0 bridgehead atoms. The van der Waals surface area contributed by atoms with E-state index in [4.69, 9.17) is 14.6 Å². The van der Waals surface area contributed by atoms with Gasteiger partial charge in [0.15, 0.2) is 40.6 Å². The van der Waals surface area contributed by atoms with E-state index in [0.29, 0.717) is 30.9 Å². The summed E-state index contributed by atoms with van der Waals surface area (Å²) in [4.78, 5) is 48.6. The van der Waals surface area contributed by atoms with Crippen LogP contribution in [0.4, 0.5) is 26.3 Å². The predicted octanol–water partition coefficient (Wildman–Crippen LogP) is 6.05. The highest BCUT2D eigenvalue weighted by Crippen LogP contribution is 2.35. The molecule has 54 heavy (non-hydrogen) atoms. The number of ether oxygens (including phenoxy) is 2. The highest BCUT2D eigenvalue weighted by molar-refractivity contribution is 5.97. The summed E-state index contributed by atoms with van der Waals surface area (Å²) in [6, 6.07) is 1.72. The SMILES string of the molecule is C.C[C@H](CNC(=O)[C@@H]1OC(C)(C)OCC1(C)C)CC(=O)c1cc(F)c(F)cc1F.C[C@H](CNC(=O)[C@H](O)C(C)(C)CO)CC(=O)c1cc(F)c(F)cc1F. The number of carbonyl (C=O) groups is 4. The number of nitrogens with one attached hydrogen (secondary N) is 2. The molecule has 1 heterocycles. The fourth-order valence-electron chi connectivity index (χ4n) is 4.97. The van der Waals surface area contributed by atoms with E-state index < -0.39 is 105 Å². The number of halogens is 6. The van der Waals surface area contributed by atoms with Crippen molar-refractivity contribution in [1.82, 2.24) is 10.6 Å². The summed E-state index contributed by atoms with van der Waals surface area (Å²) in [6.07, 6.45) is -2.51. The number of benzene rings is 2. The lowest BCUT2D eigenvalue weighted by molar-refractivity contribution is -0.304. The summed E-state index contributed by atoms with van der Waals surface area (Å²) in [5, 5.41) is 24.1. The molecule has 304 valence electrons. The Labute approximate surface area is 312 Å². The van der Waals surface area contributed by atoms with Crippen molar-refractivity contribution < 1.29 is 65.2 Å². The summed E-state index contributed by atoms with van der Waals surface area (Å²) in [6.45, 7) is 13.6. The Kier molecular flexibility index (Phi) is 17.5. The van der Waals surface area contributed by atoms with Crippen LogP contribution in [-0.4, -0.2) is 77.9 Å². The van der Waals surface area contributed by atoms with Gasteiger partial charge in [0, 0.05) is 48.9 Å². The van der Waals surface area contributed by atoms with Crippen molar-refractivity contribution in [2.45, 2.75) is 93.7 Å². The smallest absolute Gasteiger partial charge is 0.249 e. The van der Waals surface area contributed by atoms with E-state index in [2.05, 4.69) is 10.6 Å². The Bertz CT molecular complexity index is 1650. The van der Waals surface area contributed by atoms with E-state index in [1.165, 1.54) is 13.8 Å². The van der Waals surface area contributed by atoms with Crippen LogP contribution in [0.2, 0.25) is 0 Å². The Balaban J connectivity index is 0.000000534. The fraction of sp³-hybridized carbons (Fsp3) is 0.579. The average Bonchev–Trinajstić information content (AvgIpc) is 3.06. The number of Topliss-reactive ketones (excluding diaryl/α,β-unsaturated/α-hetero) is 2. The summed E-state index contributed by atoms with van der Waals surface area (Å²) in [5.74, 6) is -11.7. The molecule has 16 heteroatoms. The molecule has 2 amide bonds. The molecule has 0 saturated carbocycles. The molecular formula is C38H52F6N2O8. The number of rotatable bonds is 14. The molecule has 0 aliphatic carbocycles. The molecule has 1 aliphatic rings. The molecule has 1 saturated heterocycles. The van der Waals surface area contributed by atoms with Gasteiger partial charge in [-0.1, -0.05) is 49.0 Å². The van der Waals surface area contributed by atoms with Gasteiger partial charge < -0.3 is 30.3 Å². The number of amides is 2. The zero-order valence-electron chi connectivity index (χ0n) is 31.0. The molecule has 4 N–H and O–H groups in total. The first-order valence-corrected chi connectivity index (χ1v) is 16.8. The molecule has 1 fully saturated rings. The van der Waals surface area contributed by atoms with Gasteiger partial charge in [-0.15, -0.1) is 0 Å². The maximum atomic E-state index is 13.7. The van der Waals surface area contributed by atoms with Crippen LogP contribution in [0.1, 0.15) is 96.4 Å². The fourth-order valence-corrected chi connectivity index (χ4v) is 4.97. The molecule has 0 unspecified atom stereocenters. The molecule has 0 spiro atoms. The Morgan fingerprint density at radius 3 is 1.61 bits per heavy atom. The molecule has 0 aromatic heterocycles. The third kappa shape index (κ3) is 13.5. The van der Waals surface area contributed by atoms with Gasteiger partial charge in [-0.25, -0.2) is 26.3 Å². The Morgan fingerprint density at radius 2 is 1.19 bits per heavy atom. The van der Waals surface area contributed by atoms with E-state index in [1.807, 2.05) is 13.8 Å². The van der Waals surface area contributed by atoms with Gasteiger partial charge >= 0.3 is 0 Å². The van der Waals surface area contributed by atoms with Gasteiger partial charge in [-0.05, 0) is 37.8 Å². The lowest BCUT2D eigenvalue weighted by atomic mass is 9.85. The van der Waals surface area contributed by atoms with Gasteiger partial charge in [-0.2, -0.15) is 0 Å². The van der Waals surface area contributed by atoms with Crippen molar-refractivity contribution in [3.05, 3.63) is 70.3 Å². The van der Waals surface area contributed by atoms with Crippen LogP contribution < -0.4 is 10.6 Å². The van der Waals surface area contributed by atoms with Crippen LogP contribution >= 0.6 is 0 Å². The van der Waals surface area contributed by atoms with E-state index in [0.717, 1.165) is 0 Å². The topological polar surface area (TPSA) is 151 Å². The first kappa shape index (κ1) is 48.2. The quantitative estimate of drug-likeness (QED) is 0.103. The van der Waals surface area contributed by atoms with Crippen LogP contribution in [0.15, 0.2) is 24.3 Å². The molecule has 0 radical (unpaired) electrons. The highest BCUT2D eigenvalue weighted by atomic mass is 19.2. The summed E-state index contributed by atoms with van der Waals surface area (Å²) >= 11 is 0. The van der Waals surface area contributed by atoms with Gasteiger partial charge in [0.2, 0.25) is 11.8 Å². The first-order valence-electron chi connectivity index (χ1n) is 16.8. The predicted molar refractivity (Wildman–Crippen MR) is 187 cm³/mol. The highest BCUT2D eigenvalue weighted by Gasteiger charge is 2.45. The maximum absolute atomic E-state index is 13.7. The van der Waals surface area contributed by atoms with Crippen LogP contribution in [0, 0.1) is 57.6 Å². The number of hydrogen-bond acceptors (Lipinski definition) is 8. The largest absolute Gasteiger partial charge is 0.396 e. The summed E-state index contributed by atoms with van der Waals surface area (Å²) in [7, 11) is 0. The second-order valence-corrected chi connectivity index (χ2v) is 15.2. The van der Waals surface area contributed by atoms with Crippen molar-refractivity contribution in [1.29, 1.82) is 0 Å². The van der Waals surface area contributed by atoms with E-state index >= 15 is 0 Å².